The van der Waals surface area contributed by atoms with Crippen molar-refractivity contribution < 1.29 is 23.8 Å². The fourth-order valence-electron chi connectivity index (χ4n) is 2.74. The molecule has 0 bridgehead atoms. The second-order valence-electron chi connectivity index (χ2n) is 7.12. The van der Waals surface area contributed by atoms with Gasteiger partial charge in [0.25, 0.3) is 5.91 Å². The van der Waals surface area contributed by atoms with Crippen LogP contribution in [0.4, 0.5) is 5.69 Å². The zero-order valence-corrected chi connectivity index (χ0v) is 17.4. The molecular formula is C21H33NO5. The Hall–Kier alpha value is -2.08. The van der Waals surface area contributed by atoms with E-state index < -0.39 is 11.6 Å². The molecule has 0 saturated carbocycles. The van der Waals surface area contributed by atoms with Gasteiger partial charge in [0, 0.05) is 12.8 Å². The molecular weight excluding hydrogens is 346 g/mol. The smallest absolute Gasteiger partial charge is 0.341 e. The predicted molar refractivity (Wildman–Crippen MR) is 106 cm³/mol. The summed E-state index contributed by atoms with van der Waals surface area (Å²) in [5.74, 6) is 0.0201. The SMILES string of the molecule is CCCCOc1ccc(NC(=O)[C@@](C)(CC(C)C)OC)cc1C(=O)OCC. The van der Waals surface area contributed by atoms with Gasteiger partial charge in [0.05, 0.1) is 13.2 Å². The summed E-state index contributed by atoms with van der Waals surface area (Å²) in [6.07, 6.45) is 2.47. The van der Waals surface area contributed by atoms with Crippen LogP contribution in [-0.2, 0) is 14.3 Å². The average molecular weight is 379 g/mol. The standard InChI is InChI=1S/C21H33NO5/c1-7-9-12-27-18-11-10-16(13-17(18)19(23)26-8-2)22-20(24)21(5,25-6)14-15(3)4/h10-11,13,15H,7-9,12,14H2,1-6H3,(H,22,24)/t21-/m1/s1. The van der Waals surface area contributed by atoms with E-state index in [0.717, 1.165) is 12.8 Å². The van der Waals surface area contributed by atoms with Crippen LogP contribution >= 0.6 is 0 Å². The molecule has 0 aliphatic carbocycles. The lowest BCUT2D eigenvalue weighted by Crippen LogP contribution is -2.43. The highest BCUT2D eigenvalue weighted by molar-refractivity contribution is 5.99. The normalized spacial score (nSPS) is 13.1. The Balaban J connectivity index is 3.05. The van der Waals surface area contributed by atoms with E-state index in [2.05, 4.69) is 12.2 Å². The maximum absolute atomic E-state index is 12.7. The zero-order chi connectivity index (χ0) is 20.4. The molecule has 0 aliphatic heterocycles. The fourth-order valence-corrected chi connectivity index (χ4v) is 2.74. The number of hydrogen-bond acceptors (Lipinski definition) is 5. The Morgan fingerprint density at radius 2 is 1.93 bits per heavy atom. The van der Waals surface area contributed by atoms with Gasteiger partial charge < -0.3 is 19.5 Å². The molecule has 1 aromatic carbocycles. The van der Waals surface area contributed by atoms with Crippen molar-refractivity contribution in [3.63, 3.8) is 0 Å². The van der Waals surface area contributed by atoms with Crippen molar-refractivity contribution in [1.29, 1.82) is 0 Å². The number of anilines is 1. The van der Waals surface area contributed by atoms with Gasteiger partial charge in [-0.2, -0.15) is 0 Å². The number of ether oxygens (including phenoxy) is 3. The monoisotopic (exact) mass is 379 g/mol. The first kappa shape index (κ1) is 23.0. The van der Waals surface area contributed by atoms with Crippen LogP contribution in [0.15, 0.2) is 18.2 Å². The maximum Gasteiger partial charge on any atom is 0.341 e. The van der Waals surface area contributed by atoms with Crippen molar-refractivity contribution in [1.82, 2.24) is 0 Å². The quantitative estimate of drug-likeness (QED) is 0.455. The lowest BCUT2D eigenvalue weighted by atomic mass is 9.93. The highest BCUT2D eigenvalue weighted by Gasteiger charge is 2.34. The summed E-state index contributed by atoms with van der Waals surface area (Å²) in [6.45, 7) is 10.4. The van der Waals surface area contributed by atoms with E-state index >= 15 is 0 Å². The molecule has 0 saturated heterocycles. The molecule has 1 atom stereocenters. The van der Waals surface area contributed by atoms with Crippen molar-refractivity contribution in [3.05, 3.63) is 23.8 Å². The Bertz CT molecular complexity index is 629. The molecule has 1 amide bonds. The van der Waals surface area contributed by atoms with E-state index in [-0.39, 0.29) is 12.5 Å². The Labute approximate surface area is 162 Å². The second kappa shape index (κ2) is 10.9. The topological polar surface area (TPSA) is 73.9 Å². The summed E-state index contributed by atoms with van der Waals surface area (Å²) in [5.41, 5.74) is -0.152. The fraction of sp³-hybridized carbons (Fsp3) is 0.619. The number of benzene rings is 1. The number of nitrogens with one attached hydrogen (secondary N) is 1. The van der Waals surface area contributed by atoms with Gasteiger partial charge in [-0.15, -0.1) is 0 Å². The number of esters is 1. The number of methoxy groups -OCH3 is 1. The van der Waals surface area contributed by atoms with E-state index in [4.69, 9.17) is 14.2 Å². The molecule has 1 N–H and O–H groups in total. The van der Waals surface area contributed by atoms with Crippen LogP contribution in [-0.4, -0.2) is 37.8 Å². The van der Waals surface area contributed by atoms with Crippen molar-refractivity contribution in [3.8, 4) is 5.75 Å². The van der Waals surface area contributed by atoms with Gasteiger partial charge in [-0.25, -0.2) is 4.79 Å². The van der Waals surface area contributed by atoms with E-state index in [1.54, 1.807) is 32.0 Å². The minimum Gasteiger partial charge on any atom is -0.493 e. The zero-order valence-electron chi connectivity index (χ0n) is 17.4. The van der Waals surface area contributed by atoms with Gasteiger partial charge >= 0.3 is 5.97 Å². The molecule has 0 spiro atoms. The van der Waals surface area contributed by atoms with E-state index in [0.29, 0.717) is 35.9 Å². The summed E-state index contributed by atoms with van der Waals surface area (Å²) < 4.78 is 16.3. The Morgan fingerprint density at radius 3 is 2.48 bits per heavy atom. The molecule has 0 aliphatic rings. The lowest BCUT2D eigenvalue weighted by Gasteiger charge is -2.28. The van der Waals surface area contributed by atoms with Crippen LogP contribution in [0.1, 0.15) is 64.2 Å². The average Bonchev–Trinajstić information content (AvgIpc) is 2.62. The third-order valence-electron chi connectivity index (χ3n) is 4.22. The summed E-state index contributed by atoms with van der Waals surface area (Å²) in [6, 6.07) is 4.99. The summed E-state index contributed by atoms with van der Waals surface area (Å²) >= 11 is 0. The van der Waals surface area contributed by atoms with Crippen LogP contribution in [0.5, 0.6) is 5.75 Å². The molecule has 1 rings (SSSR count). The number of carbonyl (C=O) groups is 2. The second-order valence-corrected chi connectivity index (χ2v) is 7.12. The van der Waals surface area contributed by atoms with Gasteiger partial charge in [0.15, 0.2) is 0 Å². The van der Waals surface area contributed by atoms with Crippen LogP contribution in [0.3, 0.4) is 0 Å². The van der Waals surface area contributed by atoms with Crippen LogP contribution in [0.25, 0.3) is 0 Å². The van der Waals surface area contributed by atoms with Crippen molar-refractivity contribution in [2.45, 2.75) is 59.5 Å². The molecule has 152 valence electrons. The summed E-state index contributed by atoms with van der Waals surface area (Å²) in [5, 5.41) is 2.84. The van der Waals surface area contributed by atoms with Crippen molar-refractivity contribution >= 4 is 17.6 Å². The Kier molecular flexibility index (Phi) is 9.29. The third-order valence-corrected chi connectivity index (χ3v) is 4.22. The van der Waals surface area contributed by atoms with Gasteiger partial charge in [-0.05, 0) is 50.8 Å². The minimum atomic E-state index is -0.950. The van der Waals surface area contributed by atoms with Gasteiger partial charge in [-0.3, -0.25) is 4.79 Å². The third kappa shape index (κ3) is 6.86. The number of rotatable bonds is 11. The summed E-state index contributed by atoms with van der Waals surface area (Å²) in [7, 11) is 1.52. The van der Waals surface area contributed by atoms with Crippen molar-refractivity contribution in [2.24, 2.45) is 5.92 Å². The van der Waals surface area contributed by atoms with E-state index in [9.17, 15) is 9.59 Å². The maximum atomic E-state index is 12.7. The molecule has 6 heteroatoms. The molecule has 0 fully saturated rings. The lowest BCUT2D eigenvalue weighted by molar-refractivity contribution is -0.137. The molecule has 0 aromatic heterocycles. The number of carbonyl (C=O) groups excluding carboxylic acids is 2. The van der Waals surface area contributed by atoms with Gasteiger partial charge in [0.1, 0.15) is 16.9 Å². The number of amides is 1. The van der Waals surface area contributed by atoms with Crippen LogP contribution in [0, 0.1) is 5.92 Å². The number of hydrogen-bond donors (Lipinski definition) is 1. The first-order valence-electron chi connectivity index (χ1n) is 9.57. The van der Waals surface area contributed by atoms with E-state index in [1.807, 2.05) is 13.8 Å². The minimum absolute atomic E-state index is 0.256. The molecule has 27 heavy (non-hydrogen) atoms. The molecule has 0 heterocycles. The predicted octanol–water partition coefficient (Wildman–Crippen LogP) is 4.43. The van der Waals surface area contributed by atoms with E-state index in [1.165, 1.54) is 7.11 Å². The molecule has 6 nitrogen and oxygen atoms in total. The van der Waals surface area contributed by atoms with Gasteiger partial charge in [-0.1, -0.05) is 27.2 Å². The summed E-state index contributed by atoms with van der Waals surface area (Å²) in [4.78, 5) is 25.0. The van der Waals surface area contributed by atoms with Crippen LogP contribution in [0.2, 0.25) is 0 Å². The molecule has 0 unspecified atom stereocenters. The van der Waals surface area contributed by atoms with Gasteiger partial charge in [0.2, 0.25) is 0 Å². The van der Waals surface area contributed by atoms with Crippen LogP contribution < -0.4 is 10.1 Å². The molecule has 0 radical (unpaired) electrons. The van der Waals surface area contributed by atoms with Crippen molar-refractivity contribution in [2.75, 3.05) is 25.6 Å². The largest absolute Gasteiger partial charge is 0.493 e. The molecule has 1 aromatic rings. The first-order chi connectivity index (χ1) is 12.8. The first-order valence-corrected chi connectivity index (χ1v) is 9.57. The highest BCUT2D eigenvalue weighted by atomic mass is 16.5. The number of unbranched alkanes of at least 4 members (excludes halogenated alkanes) is 1. The highest BCUT2D eigenvalue weighted by Crippen LogP contribution is 2.27. The Morgan fingerprint density at radius 1 is 1.22 bits per heavy atom.